The maximum Gasteiger partial charge on any atom is 0.410 e. The third-order valence-electron chi connectivity index (χ3n) is 3.63. The van der Waals surface area contributed by atoms with E-state index in [1.165, 1.54) is 0 Å². The third kappa shape index (κ3) is 4.61. The van der Waals surface area contributed by atoms with E-state index in [4.69, 9.17) is 4.74 Å². The summed E-state index contributed by atoms with van der Waals surface area (Å²) in [4.78, 5) is 18.4. The second-order valence-corrected chi connectivity index (χ2v) is 7.09. The Hall–Kier alpha value is -1.78. The molecule has 1 aliphatic rings. The Morgan fingerprint density at radius 3 is 2.77 bits per heavy atom. The van der Waals surface area contributed by atoms with Crippen molar-refractivity contribution in [1.29, 1.82) is 0 Å². The van der Waals surface area contributed by atoms with E-state index in [1.54, 1.807) is 4.90 Å². The van der Waals surface area contributed by atoms with Gasteiger partial charge in [0.2, 0.25) is 0 Å². The van der Waals surface area contributed by atoms with Crippen molar-refractivity contribution in [3.05, 3.63) is 23.4 Å². The summed E-state index contributed by atoms with van der Waals surface area (Å²) in [6, 6.07) is 2.33. The van der Waals surface area contributed by atoms with Gasteiger partial charge in [0.15, 0.2) is 0 Å². The first-order valence-corrected chi connectivity index (χ1v) is 7.92. The second kappa shape index (κ2) is 6.55. The topological polar surface area (TPSA) is 54.5 Å². The predicted molar refractivity (Wildman–Crippen MR) is 88.2 cm³/mol. The average Bonchev–Trinajstić information content (AvgIpc) is 2.40. The van der Waals surface area contributed by atoms with Crippen LogP contribution in [0.2, 0.25) is 0 Å². The number of piperidine rings is 1. The number of hydrogen-bond donors (Lipinski definition) is 1. The monoisotopic (exact) mass is 305 g/mol. The number of aromatic nitrogens is 1. The van der Waals surface area contributed by atoms with Gasteiger partial charge < -0.3 is 15.0 Å². The summed E-state index contributed by atoms with van der Waals surface area (Å²) in [6.07, 6.45) is 3.65. The van der Waals surface area contributed by atoms with Crippen LogP contribution < -0.4 is 5.32 Å². The first kappa shape index (κ1) is 16.6. The number of rotatable bonds is 2. The number of carbonyl (C=O) groups is 1. The fourth-order valence-corrected chi connectivity index (χ4v) is 2.65. The molecular formula is C17H27N3O2. The third-order valence-corrected chi connectivity index (χ3v) is 3.63. The number of amides is 1. The van der Waals surface area contributed by atoms with Gasteiger partial charge in [-0.25, -0.2) is 9.78 Å². The van der Waals surface area contributed by atoms with Crippen LogP contribution in [0.1, 0.15) is 44.7 Å². The van der Waals surface area contributed by atoms with Crippen molar-refractivity contribution >= 4 is 11.9 Å². The number of nitrogens with one attached hydrogen (secondary N) is 1. The van der Waals surface area contributed by atoms with Gasteiger partial charge in [0.25, 0.3) is 0 Å². The largest absolute Gasteiger partial charge is 0.444 e. The summed E-state index contributed by atoms with van der Waals surface area (Å²) in [5.41, 5.74) is 1.84. The molecular weight excluding hydrogens is 278 g/mol. The molecule has 5 nitrogen and oxygen atoms in total. The molecule has 1 N–H and O–H groups in total. The summed E-state index contributed by atoms with van der Waals surface area (Å²) >= 11 is 0. The zero-order valence-corrected chi connectivity index (χ0v) is 14.3. The number of hydrogen-bond acceptors (Lipinski definition) is 4. The molecule has 2 heterocycles. The molecule has 1 aromatic heterocycles. The van der Waals surface area contributed by atoms with E-state index in [9.17, 15) is 4.79 Å². The highest BCUT2D eigenvalue weighted by Crippen LogP contribution is 2.20. The fourth-order valence-electron chi connectivity index (χ4n) is 2.65. The fraction of sp³-hybridized carbons (Fsp3) is 0.647. The summed E-state index contributed by atoms with van der Waals surface area (Å²) in [5.74, 6) is 0.904. The lowest BCUT2D eigenvalue weighted by Crippen LogP contribution is -2.47. The lowest BCUT2D eigenvalue weighted by molar-refractivity contribution is 0.0206. The molecule has 1 atom stereocenters. The van der Waals surface area contributed by atoms with Crippen molar-refractivity contribution in [3.8, 4) is 0 Å². The lowest BCUT2D eigenvalue weighted by atomic mass is 10.1. The van der Waals surface area contributed by atoms with Gasteiger partial charge in [-0.3, -0.25) is 0 Å². The molecule has 0 radical (unpaired) electrons. The molecule has 1 fully saturated rings. The summed E-state index contributed by atoms with van der Waals surface area (Å²) in [5, 5.41) is 3.46. The van der Waals surface area contributed by atoms with Gasteiger partial charge in [-0.2, -0.15) is 0 Å². The molecule has 5 heteroatoms. The number of aryl methyl sites for hydroxylation is 2. The van der Waals surface area contributed by atoms with E-state index in [0.29, 0.717) is 6.54 Å². The minimum absolute atomic E-state index is 0.218. The summed E-state index contributed by atoms with van der Waals surface area (Å²) in [6.45, 7) is 11.2. The number of pyridine rings is 1. The lowest BCUT2D eigenvalue weighted by Gasteiger charge is -2.34. The smallest absolute Gasteiger partial charge is 0.410 e. The molecule has 0 aliphatic carbocycles. The Morgan fingerprint density at radius 2 is 2.14 bits per heavy atom. The molecule has 0 unspecified atom stereocenters. The predicted octanol–water partition coefficient (Wildman–Crippen LogP) is 3.51. The van der Waals surface area contributed by atoms with Gasteiger partial charge in [0, 0.05) is 25.3 Å². The van der Waals surface area contributed by atoms with Crippen LogP contribution in [0.25, 0.3) is 0 Å². The Morgan fingerprint density at radius 1 is 1.41 bits per heavy atom. The van der Waals surface area contributed by atoms with E-state index in [0.717, 1.165) is 36.3 Å². The van der Waals surface area contributed by atoms with Crippen molar-refractivity contribution in [2.24, 2.45) is 0 Å². The van der Waals surface area contributed by atoms with Crippen LogP contribution in [-0.2, 0) is 4.74 Å². The standard InChI is InChI=1S/C17H27N3O2/c1-12-9-13(2)15(18-10-12)19-14-7-6-8-20(11-14)16(21)22-17(3,4)5/h9-10,14H,6-8,11H2,1-5H3,(H,18,19)/t14-/m1/s1. The van der Waals surface area contributed by atoms with Gasteiger partial charge >= 0.3 is 6.09 Å². The number of carbonyl (C=O) groups excluding carboxylic acids is 1. The van der Waals surface area contributed by atoms with E-state index in [2.05, 4.69) is 23.3 Å². The molecule has 0 bridgehead atoms. The summed E-state index contributed by atoms with van der Waals surface area (Å²) in [7, 11) is 0. The minimum atomic E-state index is -0.452. The number of likely N-dealkylation sites (tertiary alicyclic amines) is 1. The van der Waals surface area contributed by atoms with Gasteiger partial charge in [0.1, 0.15) is 11.4 Å². The van der Waals surface area contributed by atoms with Crippen LogP contribution in [-0.4, -0.2) is 40.7 Å². The zero-order valence-electron chi connectivity index (χ0n) is 14.3. The first-order chi connectivity index (χ1) is 10.2. The summed E-state index contributed by atoms with van der Waals surface area (Å²) < 4.78 is 5.46. The highest BCUT2D eigenvalue weighted by Gasteiger charge is 2.27. The average molecular weight is 305 g/mol. The molecule has 0 saturated carbocycles. The van der Waals surface area contributed by atoms with Gasteiger partial charge in [-0.1, -0.05) is 6.07 Å². The van der Waals surface area contributed by atoms with Crippen molar-refractivity contribution in [1.82, 2.24) is 9.88 Å². The molecule has 2 rings (SSSR count). The van der Waals surface area contributed by atoms with E-state index in [-0.39, 0.29) is 12.1 Å². The molecule has 1 amide bonds. The minimum Gasteiger partial charge on any atom is -0.444 e. The Kier molecular flexibility index (Phi) is 4.94. The molecule has 0 spiro atoms. The van der Waals surface area contributed by atoms with Crippen LogP contribution in [0, 0.1) is 13.8 Å². The van der Waals surface area contributed by atoms with Crippen LogP contribution >= 0.6 is 0 Å². The molecule has 0 aromatic carbocycles. The molecule has 1 aromatic rings. The number of ether oxygens (including phenoxy) is 1. The van der Waals surface area contributed by atoms with Crippen LogP contribution in [0.4, 0.5) is 10.6 Å². The van der Waals surface area contributed by atoms with Gasteiger partial charge in [-0.05, 0) is 58.6 Å². The van der Waals surface area contributed by atoms with Crippen LogP contribution in [0.3, 0.4) is 0 Å². The maximum atomic E-state index is 12.2. The number of nitrogens with zero attached hydrogens (tertiary/aromatic N) is 2. The number of anilines is 1. The van der Waals surface area contributed by atoms with Gasteiger partial charge in [-0.15, -0.1) is 0 Å². The Labute approximate surface area is 133 Å². The van der Waals surface area contributed by atoms with Crippen LogP contribution in [0.15, 0.2) is 12.3 Å². The molecule has 1 aliphatic heterocycles. The van der Waals surface area contributed by atoms with E-state index >= 15 is 0 Å². The highest BCUT2D eigenvalue weighted by atomic mass is 16.6. The first-order valence-electron chi connectivity index (χ1n) is 7.92. The molecule has 22 heavy (non-hydrogen) atoms. The van der Waals surface area contributed by atoms with Gasteiger partial charge in [0.05, 0.1) is 0 Å². The van der Waals surface area contributed by atoms with Crippen molar-refractivity contribution < 1.29 is 9.53 Å². The van der Waals surface area contributed by atoms with Crippen molar-refractivity contribution in [2.45, 2.75) is 59.1 Å². The SMILES string of the molecule is Cc1cnc(N[C@@H]2CCCN(C(=O)OC(C)(C)C)C2)c(C)c1. The maximum absolute atomic E-state index is 12.2. The molecule has 122 valence electrons. The zero-order chi connectivity index (χ0) is 16.3. The van der Waals surface area contributed by atoms with Crippen LogP contribution in [0.5, 0.6) is 0 Å². The van der Waals surface area contributed by atoms with E-state index < -0.39 is 5.60 Å². The van der Waals surface area contributed by atoms with Crippen molar-refractivity contribution in [2.75, 3.05) is 18.4 Å². The van der Waals surface area contributed by atoms with Crippen molar-refractivity contribution in [3.63, 3.8) is 0 Å². The van der Waals surface area contributed by atoms with E-state index in [1.807, 2.05) is 33.9 Å². The normalized spacial score (nSPS) is 19.0. The Bertz CT molecular complexity index is 537. The Balaban J connectivity index is 1.97. The highest BCUT2D eigenvalue weighted by molar-refractivity contribution is 5.68. The second-order valence-electron chi connectivity index (χ2n) is 7.09. The quantitative estimate of drug-likeness (QED) is 0.908. The molecule has 1 saturated heterocycles.